The lowest BCUT2D eigenvalue weighted by Gasteiger charge is -2.25. The maximum Gasteiger partial charge on any atom is 0.472 e. The van der Waals surface area contributed by atoms with E-state index in [-0.39, 0.29) is 19.1 Å². The van der Waals surface area contributed by atoms with E-state index in [0.717, 1.165) is 44.9 Å². The Labute approximate surface area is 409 Å². The molecule has 3 atom stereocenters. The molecule has 0 spiro atoms. The summed E-state index contributed by atoms with van der Waals surface area (Å²) in [5.74, 6) is -0.190. The van der Waals surface area contributed by atoms with Crippen molar-refractivity contribution >= 4 is 13.7 Å². The number of aliphatic hydroxyl groups excluding tert-OH is 1. The number of phosphoric ester groups is 1. The fraction of sp³-hybridized carbons (Fsp3) is 0.842. The Hall–Kier alpha value is -1.54. The van der Waals surface area contributed by atoms with Crippen molar-refractivity contribution in [1.82, 2.24) is 5.32 Å². The molecule has 0 aromatic heterocycles. The van der Waals surface area contributed by atoms with Crippen LogP contribution < -0.4 is 5.32 Å². The first-order valence-electron chi connectivity index (χ1n) is 28.0. The van der Waals surface area contributed by atoms with Crippen molar-refractivity contribution in [2.45, 2.75) is 270 Å². The molecular weight excluding hydrogens is 840 g/mol. The molecule has 0 bridgehead atoms. The van der Waals surface area contributed by atoms with Crippen LogP contribution in [0.2, 0.25) is 0 Å². The summed E-state index contributed by atoms with van der Waals surface area (Å²) >= 11 is 0. The van der Waals surface area contributed by atoms with Crippen LogP contribution in [0.15, 0.2) is 48.6 Å². The average Bonchev–Trinajstić information content (AvgIpc) is 3.28. The van der Waals surface area contributed by atoms with Crippen molar-refractivity contribution < 1.29 is 32.9 Å². The van der Waals surface area contributed by atoms with Crippen LogP contribution in [0.3, 0.4) is 0 Å². The number of nitrogens with zero attached hydrogens (tertiary/aromatic N) is 1. The number of hydrogen-bond donors (Lipinski definition) is 3. The van der Waals surface area contributed by atoms with Crippen LogP contribution in [0.4, 0.5) is 0 Å². The van der Waals surface area contributed by atoms with E-state index in [4.69, 9.17) is 9.05 Å². The Morgan fingerprint density at radius 2 is 0.833 bits per heavy atom. The van der Waals surface area contributed by atoms with Crippen molar-refractivity contribution in [2.24, 2.45) is 0 Å². The molecule has 0 saturated carbocycles. The number of phosphoric acid groups is 1. The highest BCUT2D eigenvalue weighted by molar-refractivity contribution is 7.47. The molecule has 0 aromatic carbocycles. The molecule has 8 nitrogen and oxygen atoms in total. The van der Waals surface area contributed by atoms with Gasteiger partial charge in [-0.3, -0.25) is 13.8 Å². The fourth-order valence-electron chi connectivity index (χ4n) is 8.07. The van der Waals surface area contributed by atoms with Crippen LogP contribution in [0, 0.1) is 0 Å². The molecule has 0 aliphatic carbocycles. The summed E-state index contributed by atoms with van der Waals surface area (Å²) in [5.41, 5.74) is 0. The number of unbranched alkanes of at least 4 members (excludes halogenated alkanes) is 32. The largest absolute Gasteiger partial charge is 0.472 e. The highest BCUT2D eigenvalue weighted by Gasteiger charge is 2.27. The number of nitrogens with one attached hydrogen (secondary N) is 1. The van der Waals surface area contributed by atoms with Crippen LogP contribution >= 0.6 is 7.82 Å². The molecule has 0 heterocycles. The van der Waals surface area contributed by atoms with Gasteiger partial charge in [0.05, 0.1) is 39.9 Å². The lowest BCUT2D eigenvalue weighted by Crippen LogP contribution is -2.45. The molecule has 0 aliphatic rings. The van der Waals surface area contributed by atoms with Gasteiger partial charge in [-0.2, -0.15) is 0 Å². The average molecular weight is 950 g/mol. The van der Waals surface area contributed by atoms with Crippen LogP contribution in [0.25, 0.3) is 0 Å². The Balaban J connectivity index is 4.11. The first-order valence-corrected chi connectivity index (χ1v) is 29.5. The first kappa shape index (κ1) is 64.5. The fourth-order valence-corrected chi connectivity index (χ4v) is 8.81. The topological polar surface area (TPSA) is 105 Å². The quantitative estimate of drug-likeness (QED) is 0.0243. The molecule has 0 aromatic rings. The summed E-state index contributed by atoms with van der Waals surface area (Å²) in [6.07, 6.45) is 63.7. The summed E-state index contributed by atoms with van der Waals surface area (Å²) < 4.78 is 23.6. The minimum atomic E-state index is -4.35. The van der Waals surface area contributed by atoms with E-state index >= 15 is 0 Å². The van der Waals surface area contributed by atoms with Gasteiger partial charge >= 0.3 is 7.82 Å². The second-order valence-corrected chi connectivity index (χ2v) is 21.7. The molecule has 388 valence electrons. The van der Waals surface area contributed by atoms with Crippen molar-refractivity contribution in [3.8, 4) is 0 Å². The second-order valence-electron chi connectivity index (χ2n) is 20.3. The van der Waals surface area contributed by atoms with Gasteiger partial charge in [0.2, 0.25) is 5.91 Å². The zero-order chi connectivity index (χ0) is 48.5. The molecule has 1 amide bonds. The number of likely N-dealkylation sites (N-methyl/N-ethyl adjacent to an activating group) is 1. The van der Waals surface area contributed by atoms with Crippen LogP contribution in [-0.4, -0.2) is 73.4 Å². The van der Waals surface area contributed by atoms with E-state index in [0.29, 0.717) is 17.4 Å². The summed E-state index contributed by atoms with van der Waals surface area (Å²) in [5, 5.41) is 13.9. The van der Waals surface area contributed by atoms with Gasteiger partial charge in [0.15, 0.2) is 0 Å². The second kappa shape index (κ2) is 48.5. The minimum Gasteiger partial charge on any atom is -0.387 e. The van der Waals surface area contributed by atoms with Gasteiger partial charge in [-0.1, -0.05) is 229 Å². The molecule has 66 heavy (non-hydrogen) atoms. The molecule has 0 fully saturated rings. The number of quaternary nitrogens is 1. The predicted molar refractivity (Wildman–Crippen MR) is 286 cm³/mol. The number of rotatable bonds is 51. The third-order valence-corrected chi connectivity index (χ3v) is 13.5. The lowest BCUT2D eigenvalue weighted by atomic mass is 10.0. The smallest absolute Gasteiger partial charge is 0.387 e. The van der Waals surface area contributed by atoms with Crippen molar-refractivity contribution in [3.05, 3.63) is 48.6 Å². The normalized spacial score (nSPS) is 14.3. The zero-order valence-corrected chi connectivity index (χ0v) is 45.1. The highest BCUT2D eigenvalue weighted by Crippen LogP contribution is 2.43. The predicted octanol–water partition coefficient (Wildman–Crippen LogP) is 16.8. The van der Waals surface area contributed by atoms with Gasteiger partial charge in [-0.05, 0) is 70.6 Å². The van der Waals surface area contributed by atoms with Crippen molar-refractivity contribution in [2.75, 3.05) is 40.9 Å². The molecule has 3 unspecified atom stereocenters. The number of allylic oxidation sites excluding steroid dienone is 7. The van der Waals surface area contributed by atoms with Gasteiger partial charge < -0.3 is 19.8 Å². The summed E-state index contributed by atoms with van der Waals surface area (Å²) in [6, 6.07) is -0.869. The number of hydrogen-bond acceptors (Lipinski definition) is 5. The van der Waals surface area contributed by atoms with E-state index < -0.39 is 20.0 Å². The minimum absolute atomic E-state index is 0.0533. The molecule has 0 radical (unpaired) electrons. The van der Waals surface area contributed by atoms with Crippen LogP contribution in [0.5, 0.6) is 0 Å². The number of aliphatic hydroxyl groups is 1. The van der Waals surface area contributed by atoms with E-state index in [1.807, 2.05) is 27.2 Å². The van der Waals surface area contributed by atoms with E-state index in [1.165, 1.54) is 193 Å². The van der Waals surface area contributed by atoms with Gasteiger partial charge in [0.1, 0.15) is 13.2 Å². The Morgan fingerprint density at radius 1 is 0.500 bits per heavy atom. The van der Waals surface area contributed by atoms with E-state index in [1.54, 1.807) is 6.08 Å². The SMILES string of the molecule is CCCCCC/C=C/CC/C=C/CC/C=C/C(O)C(COP(=O)(O)OCC[N+](C)(C)C)NC(=O)CCCCCCCCCCCCCCCC/C=C\CCCCCCCCCCCCCC. The molecule has 0 saturated heterocycles. The molecule has 3 N–H and O–H groups in total. The Morgan fingerprint density at radius 3 is 1.23 bits per heavy atom. The summed E-state index contributed by atoms with van der Waals surface area (Å²) in [7, 11) is 1.55. The number of carbonyl (C=O) groups is 1. The molecule has 9 heteroatoms. The molecule has 0 aliphatic heterocycles. The number of carbonyl (C=O) groups excluding carboxylic acids is 1. The monoisotopic (exact) mass is 950 g/mol. The van der Waals surface area contributed by atoms with Crippen LogP contribution in [-0.2, 0) is 18.4 Å². The standard InChI is InChI=1S/C57H109N2O6P/c1-6-8-10-12-14-16-18-20-22-23-24-25-26-27-28-29-30-31-32-33-34-35-36-37-39-41-43-45-47-49-51-57(61)58-55(54-65-66(62,63)64-53-52-59(3,4)5)56(60)50-48-46-44-42-40-38-21-19-17-15-13-11-9-7-2/h17,19,27-28,40,42,48,50,55-56,60H,6-16,18,20-26,29-39,41,43-47,49,51-54H2,1-5H3,(H-,58,61,62,63)/p+1/b19-17+,28-27-,42-40+,50-48+. The highest BCUT2D eigenvalue weighted by atomic mass is 31.2. The third-order valence-electron chi connectivity index (χ3n) is 12.5. The van der Waals surface area contributed by atoms with Crippen molar-refractivity contribution in [3.63, 3.8) is 0 Å². The molecular formula is C57H110N2O6P+. The van der Waals surface area contributed by atoms with Gasteiger partial charge in [0.25, 0.3) is 0 Å². The van der Waals surface area contributed by atoms with E-state index in [2.05, 4.69) is 55.6 Å². The Bertz CT molecular complexity index is 1210. The summed E-state index contributed by atoms with van der Waals surface area (Å²) in [6.45, 7) is 4.78. The van der Waals surface area contributed by atoms with Gasteiger partial charge in [-0.15, -0.1) is 0 Å². The Kier molecular flexibility index (Phi) is 47.4. The summed E-state index contributed by atoms with van der Waals surface area (Å²) in [4.78, 5) is 23.2. The van der Waals surface area contributed by atoms with Crippen LogP contribution in [0.1, 0.15) is 258 Å². The lowest BCUT2D eigenvalue weighted by molar-refractivity contribution is -0.870. The first-order chi connectivity index (χ1) is 32.0. The maximum atomic E-state index is 12.9. The third kappa shape index (κ3) is 50.3. The van der Waals surface area contributed by atoms with E-state index in [9.17, 15) is 19.4 Å². The zero-order valence-electron chi connectivity index (χ0n) is 44.2. The van der Waals surface area contributed by atoms with Crippen molar-refractivity contribution in [1.29, 1.82) is 0 Å². The van der Waals surface area contributed by atoms with Gasteiger partial charge in [0, 0.05) is 6.42 Å². The number of amides is 1. The molecule has 0 rings (SSSR count). The van der Waals surface area contributed by atoms with Gasteiger partial charge in [-0.25, -0.2) is 4.57 Å². The maximum absolute atomic E-state index is 12.9.